The van der Waals surface area contributed by atoms with Crippen molar-refractivity contribution in [1.82, 2.24) is 0 Å². The lowest BCUT2D eigenvalue weighted by atomic mass is 10.0. The standard InChI is InChI=1S/C17H33ClO/c1-3-4-5-6-7-8-9-10-11-12-13-14-15-17(19)16(2)18/h16H,3-15H2,1-2H3. The summed E-state index contributed by atoms with van der Waals surface area (Å²) in [6.07, 6.45) is 16.7. The van der Waals surface area contributed by atoms with E-state index in [0.29, 0.717) is 6.42 Å². The molecule has 1 unspecified atom stereocenters. The molecule has 0 spiro atoms. The second-order valence-electron chi connectivity index (χ2n) is 5.72. The van der Waals surface area contributed by atoms with Gasteiger partial charge in [-0.2, -0.15) is 0 Å². The van der Waals surface area contributed by atoms with E-state index in [4.69, 9.17) is 11.6 Å². The molecule has 0 heterocycles. The SMILES string of the molecule is CCCCCCCCCCCCCCC(=O)C(C)Cl. The summed E-state index contributed by atoms with van der Waals surface area (Å²) in [5.74, 6) is 0.203. The lowest BCUT2D eigenvalue weighted by Gasteiger charge is -2.03. The first-order valence-electron chi connectivity index (χ1n) is 8.35. The van der Waals surface area contributed by atoms with Gasteiger partial charge >= 0.3 is 0 Å². The van der Waals surface area contributed by atoms with Gasteiger partial charge in [-0.3, -0.25) is 4.79 Å². The largest absolute Gasteiger partial charge is 0.298 e. The summed E-state index contributed by atoms with van der Waals surface area (Å²) < 4.78 is 0. The van der Waals surface area contributed by atoms with Gasteiger partial charge in [-0.05, 0) is 13.3 Å². The number of hydrogen-bond donors (Lipinski definition) is 0. The van der Waals surface area contributed by atoms with Crippen LogP contribution in [0.4, 0.5) is 0 Å². The minimum Gasteiger partial charge on any atom is -0.298 e. The Morgan fingerprint density at radius 1 is 0.789 bits per heavy atom. The van der Waals surface area contributed by atoms with Gasteiger partial charge in [-0.15, -0.1) is 11.6 Å². The average Bonchev–Trinajstić information content (AvgIpc) is 2.39. The van der Waals surface area contributed by atoms with E-state index >= 15 is 0 Å². The van der Waals surface area contributed by atoms with E-state index in [1.165, 1.54) is 70.6 Å². The normalized spacial score (nSPS) is 12.6. The van der Waals surface area contributed by atoms with Crippen molar-refractivity contribution in [3.63, 3.8) is 0 Å². The van der Waals surface area contributed by atoms with Crippen molar-refractivity contribution >= 4 is 17.4 Å². The van der Waals surface area contributed by atoms with Crippen molar-refractivity contribution in [3.05, 3.63) is 0 Å². The highest BCUT2D eigenvalue weighted by atomic mass is 35.5. The highest BCUT2D eigenvalue weighted by molar-refractivity contribution is 6.30. The Morgan fingerprint density at radius 3 is 1.53 bits per heavy atom. The summed E-state index contributed by atoms with van der Waals surface area (Å²) in [4.78, 5) is 11.3. The Kier molecular flexibility index (Phi) is 14.3. The zero-order valence-electron chi connectivity index (χ0n) is 13.1. The number of carbonyl (C=O) groups is 1. The molecule has 0 aliphatic carbocycles. The lowest BCUT2D eigenvalue weighted by molar-refractivity contribution is -0.118. The molecule has 19 heavy (non-hydrogen) atoms. The number of unbranched alkanes of at least 4 members (excludes halogenated alkanes) is 11. The molecule has 0 saturated heterocycles. The summed E-state index contributed by atoms with van der Waals surface area (Å²) in [5.41, 5.74) is 0. The van der Waals surface area contributed by atoms with Crippen molar-refractivity contribution in [2.45, 2.75) is 103 Å². The molecule has 0 amide bonds. The molecule has 0 aliphatic rings. The lowest BCUT2D eigenvalue weighted by Crippen LogP contribution is -2.09. The summed E-state index contributed by atoms with van der Waals surface area (Å²) in [5, 5.41) is -0.298. The van der Waals surface area contributed by atoms with Crippen LogP contribution in [0.1, 0.15) is 97.3 Å². The number of carbonyl (C=O) groups excluding carboxylic acids is 1. The van der Waals surface area contributed by atoms with Gasteiger partial charge in [0.2, 0.25) is 0 Å². The van der Waals surface area contributed by atoms with Gasteiger partial charge in [-0.1, -0.05) is 77.6 Å². The molecule has 0 radical (unpaired) electrons. The molecule has 0 aromatic carbocycles. The molecule has 0 aromatic heterocycles. The zero-order chi connectivity index (χ0) is 14.3. The number of halogens is 1. The fourth-order valence-electron chi connectivity index (χ4n) is 2.34. The first-order chi connectivity index (χ1) is 9.18. The molecule has 0 fully saturated rings. The van der Waals surface area contributed by atoms with Crippen LogP contribution in [0, 0.1) is 0 Å². The van der Waals surface area contributed by atoms with Crippen molar-refractivity contribution in [2.24, 2.45) is 0 Å². The van der Waals surface area contributed by atoms with Crippen LogP contribution in [0.25, 0.3) is 0 Å². The zero-order valence-corrected chi connectivity index (χ0v) is 13.8. The number of hydrogen-bond acceptors (Lipinski definition) is 1. The minimum atomic E-state index is -0.298. The van der Waals surface area contributed by atoms with E-state index in [0.717, 1.165) is 6.42 Å². The molecule has 0 N–H and O–H groups in total. The summed E-state index contributed by atoms with van der Waals surface area (Å²) in [6.45, 7) is 4.03. The van der Waals surface area contributed by atoms with Gasteiger partial charge in [0.1, 0.15) is 5.78 Å². The number of alkyl halides is 1. The van der Waals surface area contributed by atoms with Gasteiger partial charge in [0.25, 0.3) is 0 Å². The van der Waals surface area contributed by atoms with E-state index < -0.39 is 0 Å². The smallest absolute Gasteiger partial charge is 0.150 e. The van der Waals surface area contributed by atoms with Crippen LogP contribution in [0.2, 0.25) is 0 Å². The Balaban J connectivity index is 3.05. The first kappa shape index (κ1) is 19.0. The summed E-state index contributed by atoms with van der Waals surface area (Å²) >= 11 is 5.72. The molecule has 0 aliphatic heterocycles. The summed E-state index contributed by atoms with van der Waals surface area (Å²) in [6, 6.07) is 0. The number of ketones is 1. The van der Waals surface area contributed by atoms with Crippen molar-refractivity contribution in [1.29, 1.82) is 0 Å². The monoisotopic (exact) mass is 288 g/mol. The van der Waals surface area contributed by atoms with E-state index in [2.05, 4.69) is 6.92 Å². The molecule has 2 heteroatoms. The Bertz CT molecular complexity index is 201. The van der Waals surface area contributed by atoms with Crippen molar-refractivity contribution in [2.75, 3.05) is 0 Å². The van der Waals surface area contributed by atoms with E-state index in [1.807, 2.05) is 0 Å². The molecule has 0 aromatic rings. The molecule has 1 nitrogen and oxygen atoms in total. The average molecular weight is 289 g/mol. The maximum Gasteiger partial charge on any atom is 0.150 e. The topological polar surface area (TPSA) is 17.1 Å². The second-order valence-corrected chi connectivity index (χ2v) is 6.38. The van der Waals surface area contributed by atoms with Crippen LogP contribution in [0.5, 0.6) is 0 Å². The molecule has 1 atom stereocenters. The maximum atomic E-state index is 11.3. The van der Waals surface area contributed by atoms with Gasteiger partial charge in [0, 0.05) is 6.42 Å². The van der Waals surface area contributed by atoms with Crippen LogP contribution < -0.4 is 0 Å². The predicted molar refractivity (Wildman–Crippen MR) is 86.0 cm³/mol. The highest BCUT2D eigenvalue weighted by Gasteiger charge is 2.07. The van der Waals surface area contributed by atoms with Crippen molar-refractivity contribution < 1.29 is 4.79 Å². The highest BCUT2D eigenvalue weighted by Crippen LogP contribution is 2.13. The summed E-state index contributed by atoms with van der Waals surface area (Å²) in [7, 11) is 0. The quantitative estimate of drug-likeness (QED) is 0.272. The van der Waals surface area contributed by atoms with E-state index in [9.17, 15) is 4.79 Å². The van der Waals surface area contributed by atoms with Crippen LogP contribution in [0.15, 0.2) is 0 Å². The molecule has 0 rings (SSSR count). The first-order valence-corrected chi connectivity index (χ1v) is 8.79. The molecule has 0 bridgehead atoms. The second kappa shape index (κ2) is 14.4. The molecule has 0 saturated carbocycles. The third-order valence-electron chi connectivity index (χ3n) is 3.72. The Labute approximate surface area is 125 Å². The molecular formula is C17H33ClO. The van der Waals surface area contributed by atoms with Crippen LogP contribution in [0.3, 0.4) is 0 Å². The predicted octanol–water partition coefficient (Wildman–Crippen LogP) is 6.27. The fourth-order valence-corrected chi connectivity index (χ4v) is 2.45. The van der Waals surface area contributed by atoms with Crippen LogP contribution in [-0.4, -0.2) is 11.2 Å². The molecule has 114 valence electrons. The Hall–Kier alpha value is -0.0400. The van der Waals surface area contributed by atoms with Crippen LogP contribution >= 0.6 is 11.6 Å². The third kappa shape index (κ3) is 14.2. The molecular weight excluding hydrogens is 256 g/mol. The Morgan fingerprint density at radius 2 is 1.16 bits per heavy atom. The minimum absolute atomic E-state index is 0.203. The van der Waals surface area contributed by atoms with Gasteiger partial charge in [0.05, 0.1) is 5.38 Å². The third-order valence-corrected chi connectivity index (χ3v) is 3.96. The van der Waals surface area contributed by atoms with Gasteiger partial charge in [-0.25, -0.2) is 0 Å². The number of rotatable bonds is 14. The number of Topliss-reactive ketones (excluding diaryl/α,β-unsaturated/α-hetero) is 1. The maximum absolute atomic E-state index is 11.3. The van der Waals surface area contributed by atoms with Crippen molar-refractivity contribution in [3.8, 4) is 0 Å². The van der Waals surface area contributed by atoms with Crippen LogP contribution in [-0.2, 0) is 4.79 Å². The van der Waals surface area contributed by atoms with E-state index in [1.54, 1.807) is 6.92 Å². The fraction of sp³-hybridized carbons (Fsp3) is 0.941. The van der Waals surface area contributed by atoms with Gasteiger partial charge < -0.3 is 0 Å². The van der Waals surface area contributed by atoms with E-state index in [-0.39, 0.29) is 11.2 Å². The van der Waals surface area contributed by atoms with Gasteiger partial charge in [0.15, 0.2) is 0 Å².